The van der Waals surface area contributed by atoms with Gasteiger partial charge < -0.3 is 15.5 Å². The van der Waals surface area contributed by atoms with E-state index in [0.29, 0.717) is 22.8 Å². The van der Waals surface area contributed by atoms with Gasteiger partial charge >= 0.3 is 0 Å². The van der Waals surface area contributed by atoms with Crippen LogP contribution in [0.3, 0.4) is 0 Å². The molecule has 0 amide bonds. The third kappa shape index (κ3) is 2.88. The highest BCUT2D eigenvalue weighted by molar-refractivity contribution is 6.00. The highest BCUT2D eigenvalue weighted by atomic mass is 16.3. The average molecular weight is 376 g/mol. The maximum absolute atomic E-state index is 10.9. The first-order valence-electron chi connectivity index (χ1n) is 10.1. The van der Waals surface area contributed by atoms with Crippen LogP contribution in [0.1, 0.15) is 43.2 Å². The largest absolute Gasteiger partial charge is 0.507 e. The minimum Gasteiger partial charge on any atom is -0.507 e. The van der Waals surface area contributed by atoms with Gasteiger partial charge in [-0.15, -0.1) is 10.2 Å². The van der Waals surface area contributed by atoms with Gasteiger partial charge in [0.25, 0.3) is 0 Å². The van der Waals surface area contributed by atoms with Crippen LogP contribution in [0.2, 0.25) is 0 Å². The fraction of sp³-hybridized carbons (Fsp3) is 0.409. The Bertz CT molecular complexity index is 1040. The minimum atomic E-state index is -0.372. The highest BCUT2D eigenvalue weighted by Crippen LogP contribution is 2.40. The lowest BCUT2D eigenvalue weighted by molar-refractivity contribution is 0.116. The summed E-state index contributed by atoms with van der Waals surface area (Å²) < 4.78 is 0. The molecule has 1 fully saturated rings. The Labute approximate surface area is 163 Å². The summed E-state index contributed by atoms with van der Waals surface area (Å²) in [6, 6.07) is 5.93. The minimum absolute atomic E-state index is 0.0225. The number of anilines is 1. The molecular formula is C22H24N4O2. The molecule has 2 aromatic heterocycles. The van der Waals surface area contributed by atoms with E-state index in [2.05, 4.69) is 26.6 Å². The number of rotatable bonds is 3. The Hall–Kier alpha value is -2.73. The van der Waals surface area contributed by atoms with Gasteiger partial charge in [0.2, 0.25) is 0 Å². The third-order valence-corrected chi connectivity index (χ3v) is 6.14. The molecule has 0 spiro atoms. The van der Waals surface area contributed by atoms with E-state index in [1.807, 2.05) is 12.1 Å². The Morgan fingerprint density at radius 3 is 2.75 bits per heavy atom. The number of hydrogen-bond donors (Lipinski definition) is 3. The number of nitrogens with zero attached hydrogens (tertiary/aromatic N) is 3. The molecular weight excluding hydrogens is 352 g/mol. The van der Waals surface area contributed by atoms with Crippen molar-refractivity contribution in [3.8, 4) is 17.0 Å². The first kappa shape index (κ1) is 17.4. The van der Waals surface area contributed by atoms with Gasteiger partial charge in [-0.05, 0) is 55.4 Å². The number of aryl methyl sites for hydroxylation is 1. The van der Waals surface area contributed by atoms with Gasteiger partial charge in [-0.25, -0.2) is 0 Å². The zero-order chi connectivity index (χ0) is 19.1. The zero-order valence-corrected chi connectivity index (χ0v) is 15.7. The number of aliphatic hydroxyl groups is 1. The van der Waals surface area contributed by atoms with Crippen LogP contribution in [0.5, 0.6) is 5.75 Å². The maximum atomic E-state index is 10.9. The first-order chi connectivity index (χ1) is 13.7. The molecule has 1 aromatic carbocycles. The van der Waals surface area contributed by atoms with Crippen molar-refractivity contribution in [2.45, 2.75) is 57.1 Å². The molecule has 3 N–H and O–H groups in total. The average Bonchev–Trinajstić information content (AvgIpc) is 3.20. The summed E-state index contributed by atoms with van der Waals surface area (Å²) in [5.74, 6) is 0.962. The molecule has 2 heterocycles. The van der Waals surface area contributed by atoms with Gasteiger partial charge in [-0.3, -0.25) is 4.98 Å². The molecule has 0 bridgehead atoms. The van der Waals surface area contributed by atoms with Crippen LogP contribution >= 0.6 is 0 Å². The van der Waals surface area contributed by atoms with Crippen LogP contribution in [0, 0.1) is 0 Å². The number of nitrogens with one attached hydrogen (secondary N) is 1. The third-order valence-electron chi connectivity index (χ3n) is 6.14. The topological polar surface area (TPSA) is 91.2 Å². The van der Waals surface area contributed by atoms with E-state index in [-0.39, 0.29) is 12.1 Å². The molecule has 0 aliphatic heterocycles. The number of hydrogen-bond acceptors (Lipinski definition) is 6. The zero-order valence-electron chi connectivity index (χ0n) is 15.7. The van der Waals surface area contributed by atoms with E-state index in [9.17, 15) is 10.2 Å². The van der Waals surface area contributed by atoms with Crippen molar-refractivity contribution in [2.75, 3.05) is 5.32 Å². The number of benzene rings is 1. The number of fused-ring (bicyclic) bond motifs is 2. The quantitative estimate of drug-likeness (QED) is 0.647. The van der Waals surface area contributed by atoms with Gasteiger partial charge in [0.05, 0.1) is 12.1 Å². The normalized spacial score (nSPS) is 21.6. The molecule has 2 aliphatic carbocycles. The lowest BCUT2D eigenvalue weighted by Gasteiger charge is -2.29. The summed E-state index contributed by atoms with van der Waals surface area (Å²) in [6.45, 7) is 0. The van der Waals surface area contributed by atoms with E-state index in [0.717, 1.165) is 61.3 Å². The number of aliphatic hydroxyl groups excluding tert-OH is 1. The summed E-state index contributed by atoms with van der Waals surface area (Å²) in [5, 5.41) is 35.2. The molecule has 144 valence electrons. The van der Waals surface area contributed by atoms with Crippen molar-refractivity contribution >= 4 is 16.6 Å². The van der Waals surface area contributed by atoms with Crippen molar-refractivity contribution in [3.05, 3.63) is 41.7 Å². The second-order valence-electron chi connectivity index (χ2n) is 7.87. The van der Waals surface area contributed by atoms with Crippen LogP contribution in [0.25, 0.3) is 22.0 Å². The molecule has 6 heteroatoms. The number of phenolic OH excluding ortho intramolecular Hbond substituents is 1. The van der Waals surface area contributed by atoms with Gasteiger partial charge in [0.15, 0.2) is 5.82 Å². The van der Waals surface area contributed by atoms with Gasteiger partial charge in [0, 0.05) is 28.7 Å². The fourth-order valence-electron chi connectivity index (χ4n) is 4.60. The van der Waals surface area contributed by atoms with Crippen LogP contribution in [0.15, 0.2) is 30.6 Å². The van der Waals surface area contributed by atoms with Crippen molar-refractivity contribution in [3.63, 3.8) is 0 Å². The first-order valence-corrected chi connectivity index (χ1v) is 10.1. The molecule has 1 saturated carbocycles. The smallest absolute Gasteiger partial charge is 0.158 e. The van der Waals surface area contributed by atoms with Crippen LogP contribution < -0.4 is 5.32 Å². The second kappa shape index (κ2) is 7.02. The Morgan fingerprint density at radius 2 is 1.86 bits per heavy atom. The van der Waals surface area contributed by atoms with Crippen molar-refractivity contribution < 1.29 is 10.2 Å². The lowest BCUT2D eigenvalue weighted by Crippen LogP contribution is -2.36. The predicted molar refractivity (Wildman–Crippen MR) is 108 cm³/mol. The second-order valence-corrected chi connectivity index (χ2v) is 7.87. The molecule has 6 nitrogen and oxygen atoms in total. The van der Waals surface area contributed by atoms with Crippen LogP contribution in [-0.2, 0) is 12.8 Å². The van der Waals surface area contributed by atoms with Crippen molar-refractivity contribution in [1.29, 1.82) is 0 Å². The Balaban J connectivity index is 1.59. The van der Waals surface area contributed by atoms with Crippen molar-refractivity contribution in [2.24, 2.45) is 0 Å². The maximum Gasteiger partial charge on any atom is 0.158 e. The summed E-state index contributed by atoms with van der Waals surface area (Å²) in [6.07, 6.45) is 10.0. The highest BCUT2D eigenvalue weighted by Gasteiger charge is 2.25. The molecule has 0 saturated heterocycles. The van der Waals surface area contributed by atoms with E-state index in [1.165, 1.54) is 5.56 Å². The van der Waals surface area contributed by atoms with Crippen molar-refractivity contribution in [1.82, 2.24) is 15.2 Å². The standard InChI is InChI=1S/C22H24N4O2/c27-19-7-2-1-6-18(19)24-22-17-12-23-11-10-15(17)20(25-26-22)16-9-8-13-4-3-5-14(13)21(16)28/h8-12,18-19,27-28H,1-7H2,(H,24,26)/t18-,19-/m0/s1. The van der Waals surface area contributed by atoms with E-state index < -0.39 is 0 Å². The summed E-state index contributed by atoms with van der Waals surface area (Å²) in [5.41, 5.74) is 3.65. The van der Waals surface area contributed by atoms with Gasteiger partial charge in [-0.1, -0.05) is 18.9 Å². The number of phenols is 1. The number of pyridine rings is 1. The molecule has 28 heavy (non-hydrogen) atoms. The van der Waals surface area contributed by atoms with Gasteiger partial charge in [0.1, 0.15) is 11.4 Å². The molecule has 2 aliphatic rings. The Kier molecular flexibility index (Phi) is 4.36. The van der Waals surface area contributed by atoms with Gasteiger partial charge in [-0.2, -0.15) is 0 Å². The molecule has 0 radical (unpaired) electrons. The summed E-state index contributed by atoms with van der Waals surface area (Å²) >= 11 is 0. The van der Waals surface area contributed by atoms with E-state index in [1.54, 1.807) is 12.4 Å². The molecule has 5 rings (SSSR count). The van der Waals surface area contributed by atoms with E-state index >= 15 is 0 Å². The van der Waals surface area contributed by atoms with Crippen LogP contribution in [-0.4, -0.2) is 37.5 Å². The molecule has 3 aromatic rings. The SMILES string of the molecule is Oc1c(-c2nnc(N[C@H]3CCCC[C@@H]3O)c3cnccc23)ccc2c1CCC2. The predicted octanol–water partition coefficient (Wildman–Crippen LogP) is 3.60. The van der Waals surface area contributed by atoms with E-state index in [4.69, 9.17) is 0 Å². The van der Waals surface area contributed by atoms with Crippen LogP contribution in [0.4, 0.5) is 5.82 Å². The Morgan fingerprint density at radius 1 is 0.964 bits per heavy atom. The summed E-state index contributed by atoms with van der Waals surface area (Å²) in [7, 11) is 0. The number of aromatic hydroxyl groups is 1. The molecule has 2 atom stereocenters. The summed E-state index contributed by atoms with van der Waals surface area (Å²) in [4.78, 5) is 4.27. The molecule has 0 unspecified atom stereocenters. The lowest BCUT2D eigenvalue weighted by atomic mass is 9.92. The monoisotopic (exact) mass is 376 g/mol. The number of aromatic nitrogens is 3. The fourth-order valence-corrected chi connectivity index (χ4v) is 4.60.